The summed E-state index contributed by atoms with van der Waals surface area (Å²) < 4.78 is 5.50. The third-order valence-electron chi connectivity index (χ3n) is 4.86. The van der Waals surface area contributed by atoms with Gasteiger partial charge in [-0.15, -0.1) is 0 Å². The van der Waals surface area contributed by atoms with E-state index in [0.717, 1.165) is 32.3 Å². The van der Waals surface area contributed by atoms with Crippen LogP contribution in [-0.4, -0.2) is 37.2 Å². The largest absolute Gasteiger partial charge is 0.376 e. The van der Waals surface area contributed by atoms with Crippen molar-refractivity contribution in [2.45, 2.75) is 57.1 Å². The van der Waals surface area contributed by atoms with Gasteiger partial charge in [-0.1, -0.05) is 19.3 Å². The van der Waals surface area contributed by atoms with E-state index in [1.54, 1.807) is 24.3 Å². The highest BCUT2D eigenvalue weighted by atomic mass is 16.5. The molecule has 6 heteroatoms. The Morgan fingerprint density at radius 3 is 2.44 bits per heavy atom. The fourth-order valence-electron chi connectivity index (χ4n) is 3.42. The second-order valence-corrected chi connectivity index (χ2v) is 6.86. The molecule has 1 aromatic rings. The van der Waals surface area contributed by atoms with Crippen LogP contribution in [0.3, 0.4) is 0 Å². The van der Waals surface area contributed by atoms with Gasteiger partial charge >= 0.3 is 6.03 Å². The molecule has 0 aromatic heterocycles. The van der Waals surface area contributed by atoms with Crippen molar-refractivity contribution < 1.29 is 14.3 Å². The lowest BCUT2D eigenvalue weighted by Crippen LogP contribution is -2.39. The molecule has 6 nitrogen and oxygen atoms in total. The lowest BCUT2D eigenvalue weighted by Gasteiger charge is -2.22. The van der Waals surface area contributed by atoms with Gasteiger partial charge in [0.15, 0.2) is 0 Å². The Morgan fingerprint density at radius 1 is 1.00 bits per heavy atom. The summed E-state index contributed by atoms with van der Waals surface area (Å²) in [6.45, 7) is 1.33. The number of hydrogen-bond donors (Lipinski definition) is 3. The summed E-state index contributed by atoms with van der Waals surface area (Å²) in [4.78, 5) is 24.2. The molecule has 25 heavy (non-hydrogen) atoms. The van der Waals surface area contributed by atoms with E-state index in [4.69, 9.17) is 4.74 Å². The van der Waals surface area contributed by atoms with Gasteiger partial charge in [-0.05, 0) is 49.9 Å². The van der Waals surface area contributed by atoms with Crippen LogP contribution in [0.5, 0.6) is 0 Å². The molecule has 2 fully saturated rings. The number of nitrogens with one attached hydrogen (secondary N) is 3. The van der Waals surface area contributed by atoms with Gasteiger partial charge in [-0.25, -0.2) is 4.79 Å². The zero-order valence-corrected chi connectivity index (χ0v) is 14.6. The normalized spacial score (nSPS) is 20.9. The Bertz CT molecular complexity index is 576. The second kappa shape index (κ2) is 8.85. The molecule has 1 aromatic carbocycles. The highest BCUT2D eigenvalue weighted by molar-refractivity contribution is 5.95. The quantitative estimate of drug-likeness (QED) is 0.767. The first-order valence-corrected chi connectivity index (χ1v) is 9.28. The molecule has 0 radical (unpaired) electrons. The maximum absolute atomic E-state index is 12.1. The topological polar surface area (TPSA) is 79.5 Å². The van der Waals surface area contributed by atoms with Gasteiger partial charge in [0.25, 0.3) is 5.91 Å². The number of carbonyl (C=O) groups excluding carboxylic acids is 2. The molecule has 2 aliphatic rings. The van der Waals surface area contributed by atoms with Crippen LogP contribution in [0.4, 0.5) is 10.5 Å². The Balaban J connectivity index is 1.44. The van der Waals surface area contributed by atoms with Crippen molar-refractivity contribution in [1.82, 2.24) is 10.6 Å². The minimum absolute atomic E-state index is 0.117. The lowest BCUT2D eigenvalue weighted by molar-refractivity contribution is 0.0858. The first-order valence-electron chi connectivity index (χ1n) is 9.28. The van der Waals surface area contributed by atoms with Crippen LogP contribution in [0.25, 0.3) is 0 Å². The van der Waals surface area contributed by atoms with E-state index in [1.807, 2.05) is 0 Å². The molecule has 1 aliphatic heterocycles. The monoisotopic (exact) mass is 345 g/mol. The van der Waals surface area contributed by atoms with E-state index in [2.05, 4.69) is 16.0 Å². The Hall–Kier alpha value is -2.08. The predicted octanol–water partition coefficient (Wildman–Crippen LogP) is 3.05. The van der Waals surface area contributed by atoms with Crippen LogP contribution in [0.1, 0.15) is 55.3 Å². The molecule has 1 atom stereocenters. The van der Waals surface area contributed by atoms with Gasteiger partial charge in [0.2, 0.25) is 0 Å². The molecule has 1 aliphatic carbocycles. The average Bonchev–Trinajstić information content (AvgIpc) is 3.14. The van der Waals surface area contributed by atoms with E-state index in [-0.39, 0.29) is 24.1 Å². The third kappa shape index (κ3) is 5.46. The number of urea groups is 1. The van der Waals surface area contributed by atoms with E-state index >= 15 is 0 Å². The summed E-state index contributed by atoms with van der Waals surface area (Å²) in [5, 5.41) is 8.74. The van der Waals surface area contributed by atoms with Crippen LogP contribution >= 0.6 is 0 Å². The molecule has 1 saturated heterocycles. The van der Waals surface area contributed by atoms with Gasteiger partial charge in [-0.2, -0.15) is 0 Å². The zero-order valence-electron chi connectivity index (χ0n) is 14.6. The molecule has 3 rings (SSSR count). The number of carbonyl (C=O) groups is 2. The van der Waals surface area contributed by atoms with Gasteiger partial charge in [-0.3, -0.25) is 4.79 Å². The summed E-state index contributed by atoms with van der Waals surface area (Å²) in [5.41, 5.74) is 1.26. The highest BCUT2D eigenvalue weighted by Gasteiger charge is 2.17. The summed E-state index contributed by atoms with van der Waals surface area (Å²) >= 11 is 0. The third-order valence-corrected chi connectivity index (χ3v) is 4.86. The summed E-state index contributed by atoms with van der Waals surface area (Å²) in [6.07, 6.45) is 7.92. The van der Waals surface area contributed by atoms with Crippen molar-refractivity contribution in [2.75, 3.05) is 18.5 Å². The zero-order chi connectivity index (χ0) is 17.5. The van der Waals surface area contributed by atoms with Crippen molar-refractivity contribution in [3.8, 4) is 0 Å². The minimum atomic E-state index is -0.178. The smallest absolute Gasteiger partial charge is 0.319 e. The highest BCUT2D eigenvalue weighted by Crippen LogP contribution is 2.18. The number of anilines is 1. The fourth-order valence-corrected chi connectivity index (χ4v) is 3.42. The van der Waals surface area contributed by atoms with Crippen LogP contribution in [0.15, 0.2) is 24.3 Å². The van der Waals surface area contributed by atoms with E-state index < -0.39 is 0 Å². The molecule has 0 spiro atoms. The lowest BCUT2D eigenvalue weighted by atomic mass is 9.96. The molecule has 3 N–H and O–H groups in total. The van der Waals surface area contributed by atoms with Crippen LogP contribution in [-0.2, 0) is 4.74 Å². The molecule has 3 amide bonds. The van der Waals surface area contributed by atoms with E-state index in [9.17, 15) is 9.59 Å². The Labute approximate surface area is 148 Å². The van der Waals surface area contributed by atoms with Crippen LogP contribution in [0, 0.1) is 0 Å². The molecule has 0 unspecified atom stereocenters. The molecular weight excluding hydrogens is 318 g/mol. The number of hydrogen-bond acceptors (Lipinski definition) is 3. The molecule has 0 bridgehead atoms. The first-order chi connectivity index (χ1) is 12.2. The second-order valence-electron chi connectivity index (χ2n) is 6.86. The standard InChI is InChI=1S/C19H27N3O3/c23-18(20-13-17-7-4-12-25-17)14-8-10-16(11-9-14)22-19(24)21-15-5-2-1-3-6-15/h8-11,15,17H,1-7,12-13H2,(H,20,23)(H2,21,22,24)/t17-/m0/s1. The number of rotatable bonds is 5. The Kier molecular flexibility index (Phi) is 6.28. The first kappa shape index (κ1) is 17.7. The predicted molar refractivity (Wildman–Crippen MR) is 96.8 cm³/mol. The molecule has 1 saturated carbocycles. The molecular formula is C19H27N3O3. The number of benzene rings is 1. The van der Waals surface area contributed by atoms with E-state index in [0.29, 0.717) is 17.8 Å². The van der Waals surface area contributed by atoms with Crippen molar-refractivity contribution in [3.63, 3.8) is 0 Å². The summed E-state index contributed by atoms with van der Waals surface area (Å²) in [6, 6.07) is 7.05. The van der Waals surface area contributed by atoms with Crippen LogP contribution in [0.2, 0.25) is 0 Å². The van der Waals surface area contributed by atoms with E-state index in [1.165, 1.54) is 19.3 Å². The maximum Gasteiger partial charge on any atom is 0.319 e. The van der Waals surface area contributed by atoms with Gasteiger partial charge in [0.1, 0.15) is 0 Å². The Morgan fingerprint density at radius 2 is 1.76 bits per heavy atom. The van der Waals surface area contributed by atoms with Gasteiger partial charge in [0.05, 0.1) is 6.10 Å². The van der Waals surface area contributed by atoms with Crippen LogP contribution < -0.4 is 16.0 Å². The molecule has 136 valence electrons. The van der Waals surface area contributed by atoms with Gasteiger partial charge in [0, 0.05) is 30.4 Å². The summed E-state index contributed by atoms with van der Waals surface area (Å²) in [5.74, 6) is -0.117. The number of ether oxygens (including phenoxy) is 1. The van der Waals surface area contributed by atoms with Crippen molar-refractivity contribution in [1.29, 1.82) is 0 Å². The minimum Gasteiger partial charge on any atom is -0.376 e. The molecule has 1 heterocycles. The SMILES string of the molecule is O=C(Nc1ccc(C(=O)NC[C@@H]2CCCO2)cc1)NC1CCCCC1. The van der Waals surface area contributed by atoms with Crippen molar-refractivity contribution in [2.24, 2.45) is 0 Å². The van der Waals surface area contributed by atoms with Crippen molar-refractivity contribution >= 4 is 17.6 Å². The average molecular weight is 345 g/mol. The summed E-state index contributed by atoms with van der Waals surface area (Å²) in [7, 11) is 0. The number of amides is 3. The maximum atomic E-state index is 12.1. The fraction of sp³-hybridized carbons (Fsp3) is 0.579. The van der Waals surface area contributed by atoms with Crippen molar-refractivity contribution in [3.05, 3.63) is 29.8 Å². The van der Waals surface area contributed by atoms with Gasteiger partial charge < -0.3 is 20.7 Å².